The Hall–Kier alpha value is -2.86. The Labute approximate surface area is 203 Å². The van der Waals surface area contributed by atoms with Gasteiger partial charge in [0.1, 0.15) is 36.2 Å². The monoisotopic (exact) mass is 498 g/mol. The minimum absolute atomic E-state index is 0.0685. The lowest BCUT2D eigenvalue weighted by atomic mass is 10.2. The molecule has 1 aromatic rings. The number of carbonyl (C=O) groups excluding carboxylic acids is 2. The normalized spacial score (nSPS) is 24.1. The second kappa shape index (κ2) is 10.0. The third-order valence-corrected chi connectivity index (χ3v) is 5.04. The number of rotatable bonds is 6. The van der Waals surface area contributed by atoms with E-state index < -0.39 is 53.2 Å². The minimum atomic E-state index is -0.923. The predicted octanol–water partition coefficient (Wildman–Crippen LogP) is 2.28. The van der Waals surface area contributed by atoms with E-state index in [1.54, 1.807) is 48.5 Å². The first-order valence-electron chi connectivity index (χ1n) is 11.5. The number of nitrogens with zero attached hydrogens (tertiary/aromatic N) is 2. The molecule has 0 radical (unpaired) electrons. The van der Waals surface area contributed by atoms with Crippen molar-refractivity contribution >= 4 is 12.3 Å². The number of epoxide rings is 1. The van der Waals surface area contributed by atoms with E-state index in [2.05, 4.69) is 0 Å². The Morgan fingerprint density at radius 2 is 1.66 bits per heavy atom. The van der Waals surface area contributed by atoms with E-state index in [0.29, 0.717) is 12.2 Å². The third kappa shape index (κ3) is 7.56. The first kappa shape index (κ1) is 26.7. The quantitative estimate of drug-likeness (QED) is 0.424. The summed E-state index contributed by atoms with van der Waals surface area (Å²) in [5.74, 6) is 0. The number of hydrogen-bond donors (Lipinski definition) is 0. The van der Waals surface area contributed by atoms with Crippen LogP contribution in [0.5, 0.6) is 0 Å². The maximum Gasteiger partial charge on any atom is 0.509 e. The molecule has 0 bridgehead atoms. The summed E-state index contributed by atoms with van der Waals surface area (Å²) in [6, 6.07) is 0. The Morgan fingerprint density at radius 3 is 2.23 bits per heavy atom. The lowest BCUT2D eigenvalue weighted by molar-refractivity contribution is -0.0824. The lowest BCUT2D eigenvalue weighted by Crippen LogP contribution is -2.43. The van der Waals surface area contributed by atoms with Gasteiger partial charge in [-0.2, -0.15) is 0 Å². The average Bonchev–Trinajstić information content (AvgIpc) is 3.43. The number of aromatic nitrogens is 2. The van der Waals surface area contributed by atoms with E-state index in [1.807, 2.05) is 0 Å². The Morgan fingerprint density at radius 1 is 1.06 bits per heavy atom. The summed E-state index contributed by atoms with van der Waals surface area (Å²) in [6.07, 6.45) is -3.22. The van der Waals surface area contributed by atoms with Gasteiger partial charge in [0.2, 0.25) is 0 Å². The van der Waals surface area contributed by atoms with Crippen molar-refractivity contribution in [2.24, 2.45) is 0 Å². The van der Waals surface area contributed by atoms with Gasteiger partial charge in [-0.3, -0.25) is 13.9 Å². The van der Waals surface area contributed by atoms with Gasteiger partial charge < -0.3 is 28.4 Å². The first-order chi connectivity index (χ1) is 16.1. The summed E-state index contributed by atoms with van der Waals surface area (Å²) in [5.41, 5.74) is -2.19. The Bertz CT molecular complexity index is 1060. The summed E-state index contributed by atoms with van der Waals surface area (Å²) in [7, 11) is 0. The SMILES string of the molecule is Cc1cn(C2C[C@H](OC(=O)OC(C)(C)C)C(COC(=O)OC(C)(C)C)O2)c(=O)n(CC2CO2)c1=O. The highest BCUT2D eigenvalue weighted by Gasteiger charge is 2.42. The zero-order chi connectivity index (χ0) is 26.1. The number of ether oxygens (including phenoxy) is 6. The molecule has 0 aliphatic carbocycles. The largest absolute Gasteiger partial charge is 0.509 e. The summed E-state index contributed by atoms with van der Waals surface area (Å²) in [6.45, 7) is 12.1. The number of aryl methyl sites for hydroxylation is 1. The van der Waals surface area contributed by atoms with Crippen molar-refractivity contribution in [1.29, 1.82) is 0 Å². The predicted molar refractivity (Wildman–Crippen MR) is 121 cm³/mol. The van der Waals surface area contributed by atoms with Crippen LogP contribution in [0.2, 0.25) is 0 Å². The van der Waals surface area contributed by atoms with Crippen LogP contribution in [0.4, 0.5) is 9.59 Å². The minimum Gasteiger partial charge on any atom is -0.431 e. The fourth-order valence-corrected chi connectivity index (χ4v) is 3.48. The molecule has 35 heavy (non-hydrogen) atoms. The number of carbonyl (C=O) groups is 2. The zero-order valence-electron chi connectivity index (χ0n) is 21.2. The molecule has 2 fully saturated rings. The van der Waals surface area contributed by atoms with Crippen LogP contribution in [0.15, 0.2) is 15.8 Å². The Balaban J connectivity index is 1.81. The average molecular weight is 499 g/mol. The molecule has 0 spiro atoms. The van der Waals surface area contributed by atoms with Gasteiger partial charge in [-0.15, -0.1) is 0 Å². The van der Waals surface area contributed by atoms with E-state index in [1.165, 1.54) is 10.8 Å². The first-order valence-corrected chi connectivity index (χ1v) is 11.5. The highest BCUT2D eigenvalue weighted by Crippen LogP contribution is 2.31. The molecule has 4 atom stereocenters. The molecule has 3 unspecified atom stereocenters. The molecular weight excluding hydrogens is 464 g/mol. The van der Waals surface area contributed by atoms with Crippen molar-refractivity contribution in [3.8, 4) is 0 Å². The van der Waals surface area contributed by atoms with Crippen molar-refractivity contribution in [2.45, 2.75) is 97.2 Å². The summed E-state index contributed by atoms with van der Waals surface area (Å²) in [4.78, 5) is 50.0. The smallest absolute Gasteiger partial charge is 0.431 e. The van der Waals surface area contributed by atoms with Gasteiger partial charge in [0.05, 0.1) is 19.3 Å². The van der Waals surface area contributed by atoms with E-state index in [-0.39, 0.29) is 25.7 Å². The molecule has 2 aliphatic heterocycles. The maximum absolute atomic E-state index is 13.1. The van der Waals surface area contributed by atoms with Crippen LogP contribution in [-0.4, -0.2) is 64.2 Å². The van der Waals surface area contributed by atoms with Crippen LogP contribution in [0.25, 0.3) is 0 Å². The topological polar surface area (TPSA) is 137 Å². The molecule has 196 valence electrons. The van der Waals surface area contributed by atoms with Gasteiger partial charge in [0, 0.05) is 18.2 Å². The molecule has 3 heterocycles. The number of hydrogen-bond acceptors (Lipinski definition) is 10. The fraction of sp³-hybridized carbons (Fsp3) is 0.739. The van der Waals surface area contributed by atoms with Gasteiger partial charge in [-0.1, -0.05) is 0 Å². The van der Waals surface area contributed by atoms with Crippen LogP contribution < -0.4 is 11.2 Å². The van der Waals surface area contributed by atoms with Crippen LogP contribution in [0.3, 0.4) is 0 Å². The molecule has 0 N–H and O–H groups in total. The van der Waals surface area contributed by atoms with Crippen LogP contribution >= 0.6 is 0 Å². The highest BCUT2D eigenvalue weighted by atomic mass is 16.8. The summed E-state index contributed by atoms with van der Waals surface area (Å²) >= 11 is 0. The fourth-order valence-electron chi connectivity index (χ4n) is 3.48. The molecule has 12 nitrogen and oxygen atoms in total. The molecular formula is C23H34N2O10. The van der Waals surface area contributed by atoms with Crippen LogP contribution in [0, 0.1) is 6.92 Å². The molecule has 2 saturated heterocycles. The van der Waals surface area contributed by atoms with E-state index in [4.69, 9.17) is 28.4 Å². The lowest BCUT2D eigenvalue weighted by Gasteiger charge is -2.23. The van der Waals surface area contributed by atoms with E-state index in [0.717, 1.165) is 4.57 Å². The second-order valence-corrected chi connectivity index (χ2v) is 10.6. The highest BCUT2D eigenvalue weighted by molar-refractivity contribution is 5.61. The van der Waals surface area contributed by atoms with Crippen LogP contribution in [-0.2, 0) is 35.0 Å². The van der Waals surface area contributed by atoms with Gasteiger partial charge in [-0.05, 0) is 48.5 Å². The third-order valence-electron chi connectivity index (χ3n) is 5.04. The summed E-state index contributed by atoms with van der Waals surface area (Å²) < 4.78 is 34.5. The second-order valence-electron chi connectivity index (χ2n) is 10.6. The standard InChI is InChI=1S/C23H34N2O10/c1-13-9-24(19(27)25(18(13)26)10-14-11-30-14)17-8-15(33-21(29)35-23(5,6)7)16(32-17)12-31-20(28)34-22(2,3)4/h9,14-17H,8,10-12H2,1-7H3/t14?,15-,16?,17?/m0/s1. The van der Waals surface area contributed by atoms with Gasteiger partial charge >= 0.3 is 18.0 Å². The molecule has 3 rings (SSSR count). The van der Waals surface area contributed by atoms with Crippen molar-refractivity contribution in [3.05, 3.63) is 32.6 Å². The van der Waals surface area contributed by atoms with Gasteiger partial charge in [-0.25, -0.2) is 14.4 Å². The molecule has 1 aromatic heterocycles. The van der Waals surface area contributed by atoms with Gasteiger partial charge in [0.25, 0.3) is 5.56 Å². The van der Waals surface area contributed by atoms with Crippen molar-refractivity contribution in [3.63, 3.8) is 0 Å². The van der Waals surface area contributed by atoms with E-state index >= 15 is 0 Å². The summed E-state index contributed by atoms with van der Waals surface area (Å²) in [5, 5.41) is 0. The zero-order valence-corrected chi connectivity index (χ0v) is 21.2. The molecule has 2 aliphatic rings. The van der Waals surface area contributed by atoms with Crippen molar-refractivity contribution in [2.75, 3.05) is 13.2 Å². The molecule has 0 saturated carbocycles. The van der Waals surface area contributed by atoms with Crippen molar-refractivity contribution < 1.29 is 38.0 Å². The van der Waals surface area contributed by atoms with E-state index in [9.17, 15) is 19.2 Å². The Kier molecular flexibility index (Phi) is 7.65. The van der Waals surface area contributed by atoms with Crippen LogP contribution in [0.1, 0.15) is 59.8 Å². The molecule has 0 amide bonds. The van der Waals surface area contributed by atoms with Crippen molar-refractivity contribution in [1.82, 2.24) is 9.13 Å². The molecule has 0 aromatic carbocycles. The maximum atomic E-state index is 13.1. The van der Waals surface area contributed by atoms with Gasteiger partial charge in [0.15, 0.2) is 0 Å². The molecule has 12 heteroatoms.